The summed E-state index contributed by atoms with van der Waals surface area (Å²) in [7, 11) is 1.33. The van der Waals surface area contributed by atoms with Crippen LogP contribution in [-0.2, 0) is 22.5 Å². The Hall–Kier alpha value is -2.95. The third-order valence-corrected chi connectivity index (χ3v) is 8.26. The van der Waals surface area contributed by atoms with E-state index in [1.165, 1.54) is 35.8 Å². The van der Waals surface area contributed by atoms with Crippen LogP contribution in [0.25, 0.3) is 11.4 Å². The zero-order chi connectivity index (χ0) is 25.7. The minimum absolute atomic E-state index is 0.125. The van der Waals surface area contributed by atoms with Crippen LogP contribution < -0.4 is 5.32 Å². The van der Waals surface area contributed by atoms with Gasteiger partial charge in [-0.25, -0.2) is 4.79 Å². The smallest absolute Gasteiger partial charge is 0.341 e. The van der Waals surface area contributed by atoms with Crippen molar-refractivity contribution in [2.45, 2.75) is 32.0 Å². The number of nitrogens with one attached hydrogen (secondary N) is 1. The Labute approximate surface area is 226 Å². The zero-order valence-electron chi connectivity index (χ0n) is 20.1. The number of methoxy groups -OCH3 is 1. The molecule has 36 heavy (non-hydrogen) atoms. The van der Waals surface area contributed by atoms with Crippen LogP contribution >= 0.6 is 39.0 Å². The normalized spacial score (nSPS) is 10.9. The number of aromatic nitrogens is 3. The van der Waals surface area contributed by atoms with Gasteiger partial charge in [0.15, 0.2) is 11.0 Å². The number of halogens is 1. The van der Waals surface area contributed by atoms with Gasteiger partial charge in [-0.2, -0.15) is 0 Å². The van der Waals surface area contributed by atoms with E-state index >= 15 is 0 Å². The van der Waals surface area contributed by atoms with Gasteiger partial charge in [0.05, 0.1) is 18.4 Å². The number of amides is 1. The minimum Gasteiger partial charge on any atom is -0.465 e. The molecule has 2 aromatic heterocycles. The Morgan fingerprint density at radius 2 is 1.81 bits per heavy atom. The summed E-state index contributed by atoms with van der Waals surface area (Å²) in [5.74, 6) is 0.188. The maximum Gasteiger partial charge on any atom is 0.341 e. The van der Waals surface area contributed by atoms with Gasteiger partial charge in [0, 0.05) is 21.5 Å². The number of carbonyl (C=O) groups is 2. The van der Waals surface area contributed by atoms with Crippen molar-refractivity contribution in [2.75, 3.05) is 18.2 Å². The fourth-order valence-corrected chi connectivity index (χ4v) is 5.74. The van der Waals surface area contributed by atoms with Gasteiger partial charge >= 0.3 is 5.97 Å². The monoisotopic (exact) mass is 584 g/mol. The van der Waals surface area contributed by atoms with Gasteiger partial charge in [-0.1, -0.05) is 70.2 Å². The number of benzene rings is 2. The second kappa shape index (κ2) is 11.9. The fourth-order valence-electron chi connectivity index (χ4n) is 3.65. The molecule has 10 heteroatoms. The molecule has 1 N–H and O–H groups in total. The largest absolute Gasteiger partial charge is 0.465 e. The molecule has 186 valence electrons. The van der Waals surface area contributed by atoms with Crippen LogP contribution in [0.3, 0.4) is 0 Å². The third kappa shape index (κ3) is 6.05. The Balaban J connectivity index is 1.52. The van der Waals surface area contributed by atoms with E-state index in [0.717, 1.165) is 32.7 Å². The van der Waals surface area contributed by atoms with Crippen molar-refractivity contribution in [2.24, 2.45) is 0 Å². The highest BCUT2D eigenvalue weighted by Crippen LogP contribution is 2.33. The Bertz CT molecular complexity index is 1370. The van der Waals surface area contributed by atoms with Crippen LogP contribution in [0, 0.1) is 13.8 Å². The van der Waals surface area contributed by atoms with Crippen LogP contribution in [0.15, 0.2) is 64.2 Å². The third-order valence-electron chi connectivity index (χ3n) is 5.65. The molecule has 0 aliphatic carbocycles. The number of carbonyl (C=O) groups excluding carboxylic acids is 2. The van der Waals surface area contributed by atoms with Gasteiger partial charge in [-0.15, -0.1) is 21.5 Å². The number of esters is 1. The van der Waals surface area contributed by atoms with E-state index in [9.17, 15) is 9.59 Å². The predicted molar refractivity (Wildman–Crippen MR) is 148 cm³/mol. The standard InChI is InChI=1S/C26H25BrN4O3S2/c1-16-17(2)36-24(22(16)25(33)34-3)28-21(32)15-35-26-30-29-23(19-9-11-20(27)12-10-19)31(26)14-13-18-7-5-4-6-8-18/h4-12H,13-15H2,1-3H3,(H,28,32). The fraction of sp³-hybridized carbons (Fsp3) is 0.231. The van der Waals surface area contributed by atoms with Crippen molar-refractivity contribution in [3.8, 4) is 11.4 Å². The first kappa shape index (κ1) is 26.1. The number of aryl methyl sites for hydroxylation is 2. The van der Waals surface area contributed by atoms with Crippen molar-refractivity contribution in [1.29, 1.82) is 0 Å². The van der Waals surface area contributed by atoms with Gasteiger partial charge in [-0.3, -0.25) is 4.79 Å². The second-order valence-electron chi connectivity index (χ2n) is 8.02. The molecule has 0 fully saturated rings. The van der Waals surface area contributed by atoms with Crippen LogP contribution in [0.1, 0.15) is 26.4 Å². The molecule has 0 radical (unpaired) electrons. The Morgan fingerprint density at radius 1 is 1.08 bits per heavy atom. The van der Waals surface area contributed by atoms with Crippen molar-refractivity contribution in [3.63, 3.8) is 0 Å². The Morgan fingerprint density at radius 3 is 2.50 bits per heavy atom. The van der Waals surface area contributed by atoms with E-state index in [4.69, 9.17) is 4.74 Å². The summed E-state index contributed by atoms with van der Waals surface area (Å²) in [6.45, 7) is 4.43. The first-order chi connectivity index (χ1) is 17.4. The number of ether oxygens (including phenoxy) is 1. The van der Waals surface area contributed by atoms with Crippen LogP contribution in [0.5, 0.6) is 0 Å². The predicted octanol–water partition coefficient (Wildman–Crippen LogP) is 6.15. The van der Waals surface area contributed by atoms with E-state index < -0.39 is 5.97 Å². The molecule has 4 aromatic rings. The van der Waals surface area contributed by atoms with E-state index in [2.05, 4.69) is 43.6 Å². The molecule has 0 atom stereocenters. The van der Waals surface area contributed by atoms with Crippen molar-refractivity contribution in [3.05, 3.63) is 80.6 Å². The Kier molecular flexibility index (Phi) is 8.60. The lowest BCUT2D eigenvalue weighted by Gasteiger charge is -2.11. The summed E-state index contributed by atoms with van der Waals surface area (Å²) < 4.78 is 7.93. The summed E-state index contributed by atoms with van der Waals surface area (Å²) in [5, 5.41) is 12.9. The lowest BCUT2D eigenvalue weighted by molar-refractivity contribution is -0.113. The molecular weight excluding hydrogens is 560 g/mol. The number of thiophene rings is 1. The van der Waals surface area contributed by atoms with Gasteiger partial charge in [-0.05, 0) is 43.5 Å². The summed E-state index contributed by atoms with van der Waals surface area (Å²) >= 11 is 6.16. The molecule has 2 heterocycles. The lowest BCUT2D eigenvalue weighted by atomic mass is 10.1. The van der Waals surface area contributed by atoms with E-state index in [1.54, 1.807) is 0 Å². The summed E-state index contributed by atoms with van der Waals surface area (Å²) in [6, 6.07) is 18.1. The van der Waals surface area contributed by atoms with E-state index in [1.807, 2.05) is 60.9 Å². The highest BCUT2D eigenvalue weighted by atomic mass is 79.9. The molecule has 0 aliphatic rings. The van der Waals surface area contributed by atoms with Crippen LogP contribution in [-0.4, -0.2) is 39.5 Å². The van der Waals surface area contributed by atoms with Crippen LogP contribution in [0.4, 0.5) is 5.00 Å². The van der Waals surface area contributed by atoms with Crippen molar-refractivity contribution in [1.82, 2.24) is 14.8 Å². The molecule has 1 amide bonds. The molecule has 4 rings (SSSR count). The molecule has 0 saturated carbocycles. The number of rotatable bonds is 9. The highest BCUT2D eigenvalue weighted by Gasteiger charge is 2.22. The van der Waals surface area contributed by atoms with Gasteiger partial charge in [0.25, 0.3) is 0 Å². The molecule has 7 nitrogen and oxygen atoms in total. The second-order valence-corrected chi connectivity index (χ2v) is 11.1. The number of hydrogen-bond donors (Lipinski definition) is 1. The lowest BCUT2D eigenvalue weighted by Crippen LogP contribution is -2.16. The summed E-state index contributed by atoms with van der Waals surface area (Å²) in [6.07, 6.45) is 0.804. The molecular formula is C26H25BrN4O3S2. The van der Waals surface area contributed by atoms with Crippen molar-refractivity contribution < 1.29 is 14.3 Å². The quantitative estimate of drug-likeness (QED) is 0.188. The maximum atomic E-state index is 12.8. The molecule has 2 aromatic carbocycles. The van der Waals surface area contributed by atoms with Crippen LogP contribution in [0.2, 0.25) is 0 Å². The molecule has 0 aliphatic heterocycles. The minimum atomic E-state index is -0.459. The van der Waals surface area contributed by atoms with E-state index in [0.29, 0.717) is 22.3 Å². The molecule has 0 unspecified atom stereocenters. The molecule has 0 bridgehead atoms. The van der Waals surface area contributed by atoms with Gasteiger partial charge in [0.2, 0.25) is 5.91 Å². The number of thioether (sulfide) groups is 1. The molecule has 0 spiro atoms. The number of anilines is 1. The van der Waals surface area contributed by atoms with Gasteiger partial charge in [0.1, 0.15) is 5.00 Å². The van der Waals surface area contributed by atoms with E-state index in [-0.39, 0.29) is 11.7 Å². The maximum absolute atomic E-state index is 12.8. The number of nitrogens with zero attached hydrogens (tertiary/aromatic N) is 3. The summed E-state index contributed by atoms with van der Waals surface area (Å²) in [4.78, 5) is 26.0. The zero-order valence-corrected chi connectivity index (χ0v) is 23.3. The summed E-state index contributed by atoms with van der Waals surface area (Å²) in [5.41, 5.74) is 3.37. The average Bonchev–Trinajstić information content (AvgIpc) is 3.41. The van der Waals surface area contributed by atoms with Crippen molar-refractivity contribution >= 4 is 55.9 Å². The topological polar surface area (TPSA) is 86.1 Å². The highest BCUT2D eigenvalue weighted by molar-refractivity contribution is 9.10. The average molecular weight is 586 g/mol. The first-order valence-corrected chi connectivity index (χ1v) is 13.8. The SMILES string of the molecule is COC(=O)c1c(NC(=O)CSc2nnc(-c3ccc(Br)cc3)n2CCc2ccccc2)sc(C)c1C. The number of hydrogen-bond acceptors (Lipinski definition) is 7. The first-order valence-electron chi connectivity index (χ1n) is 11.2. The molecule has 0 saturated heterocycles. The van der Waals surface area contributed by atoms with Gasteiger partial charge < -0.3 is 14.6 Å².